The topological polar surface area (TPSA) is 152 Å². The van der Waals surface area contributed by atoms with Crippen LogP contribution in [0.15, 0.2) is 42.6 Å². The van der Waals surface area contributed by atoms with E-state index in [0.717, 1.165) is 23.1 Å². The molecule has 0 spiro atoms. The van der Waals surface area contributed by atoms with Crippen LogP contribution in [-0.2, 0) is 40.3 Å². The number of alkyl halides is 6. The molecule has 6 aromatic rings. The summed E-state index contributed by atoms with van der Waals surface area (Å²) in [6, 6.07) is 5.37. The van der Waals surface area contributed by atoms with Crippen LogP contribution in [0.25, 0.3) is 33.1 Å². The smallest absolute Gasteiger partial charge is 0.293 e. The molecule has 4 aromatic heterocycles. The summed E-state index contributed by atoms with van der Waals surface area (Å²) in [7, 11) is -4.02. The SMILES string of the molecule is CS(=O)(=O)Nc1nn(CC(F)F)c2c(-c3cc4[nH]ncc4nc3[C@H](Cc3cc(F)cc(F)c3)NC(=O)Cn3nc(C(F)F)c4c3C(F)(F)[C@@H]3C[C@H]43)ccc(Cl)c12. The van der Waals surface area contributed by atoms with Crippen LogP contribution in [0, 0.1) is 17.6 Å². The van der Waals surface area contributed by atoms with E-state index in [2.05, 4.69) is 35.4 Å². The van der Waals surface area contributed by atoms with Crippen LogP contribution < -0.4 is 10.0 Å². The lowest BCUT2D eigenvalue weighted by molar-refractivity contribution is -0.123. The van der Waals surface area contributed by atoms with Crippen molar-refractivity contribution in [1.29, 1.82) is 0 Å². The van der Waals surface area contributed by atoms with Gasteiger partial charge in [-0.2, -0.15) is 24.1 Å². The minimum Gasteiger partial charge on any atom is -0.346 e. The number of fused-ring (bicyclic) bond motifs is 5. The van der Waals surface area contributed by atoms with Crippen LogP contribution in [-0.4, -0.2) is 61.7 Å². The first-order valence-electron chi connectivity index (χ1n) is 16.7. The quantitative estimate of drug-likeness (QED) is 0.113. The number of hydrogen-bond donors (Lipinski definition) is 3. The lowest BCUT2D eigenvalue weighted by Crippen LogP contribution is -2.35. The Morgan fingerprint density at radius 3 is 2.45 bits per heavy atom. The highest BCUT2D eigenvalue weighted by Crippen LogP contribution is 2.68. The number of anilines is 1. The number of pyridine rings is 1. The van der Waals surface area contributed by atoms with Crippen molar-refractivity contribution in [2.75, 3.05) is 11.0 Å². The number of sulfonamides is 1. The Morgan fingerprint density at radius 1 is 1.04 bits per heavy atom. The van der Waals surface area contributed by atoms with E-state index in [1.54, 1.807) is 0 Å². The molecular formula is C34H26ClF8N9O3S. The van der Waals surface area contributed by atoms with E-state index >= 15 is 8.78 Å². The molecule has 0 aliphatic heterocycles. The van der Waals surface area contributed by atoms with Crippen molar-refractivity contribution in [3.8, 4) is 11.1 Å². The largest absolute Gasteiger partial charge is 0.346 e. The van der Waals surface area contributed by atoms with Crippen LogP contribution in [0.3, 0.4) is 0 Å². The maximum absolute atomic E-state index is 15.3. The standard InChI is InChI=1S/C34H26ClF8N9O3S/c1-56(54,55)50-33-27-20(35)3-2-16(30(27)51(49-33)11-24(38)39)17-9-21-23(10-44-47-21)46-28(17)22(6-13-4-14(36)7-15(37)5-13)45-25(53)12-52-31-26(29(48-52)32(40)41)18-8-19(18)34(31,42)43/h2-5,7,9-10,18-19,22,24,32H,6,8,11-12H2,1H3,(H,44,47)(H,45,53)(H,49,50)/t18-,19+,22-/m0/s1. The summed E-state index contributed by atoms with van der Waals surface area (Å²) in [6.45, 7) is -2.00. The molecule has 2 aliphatic rings. The molecule has 1 saturated carbocycles. The summed E-state index contributed by atoms with van der Waals surface area (Å²) in [6.07, 6.45) is -4.48. The van der Waals surface area contributed by atoms with Gasteiger partial charge in [0.1, 0.15) is 41.6 Å². The fourth-order valence-electron chi connectivity index (χ4n) is 7.52. The zero-order valence-electron chi connectivity index (χ0n) is 28.5. The second-order valence-electron chi connectivity index (χ2n) is 13.6. The highest BCUT2D eigenvalue weighted by atomic mass is 35.5. The van der Waals surface area contributed by atoms with E-state index < -0.39 is 95.1 Å². The third-order valence-corrected chi connectivity index (χ3v) is 10.5. The van der Waals surface area contributed by atoms with Gasteiger partial charge < -0.3 is 5.32 Å². The first-order chi connectivity index (χ1) is 26.4. The van der Waals surface area contributed by atoms with Gasteiger partial charge in [0.15, 0.2) is 5.82 Å². The number of amides is 1. The number of H-pyrrole nitrogens is 1. The van der Waals surface area contributed by atoms with Crippen molar-refractivity contribution < 1.29 is 48.3 Å². The van der Waals surface area contributed by atoms with Crippen LogP contribution in [0.2, 0.25) is 5.02 Å². The Kier molecular flexibility index (Phi) is 9.01. The Morgan fingerprint density at radius 2 is 1.77 bits per heavy atom. The fraction of sp³-hybridized carbons (Fsp3) is 0.324. The Hall–Kier alpha value is -5.31. The Bertz CT molecular complexity index is 2660. The minimum absolute atomic E-state index is 0.00515. The molecule has 8 rings (SSSR count). The zero-order chi connectivity index (χ0) is 40.0. The molecule has 4 heterocycles. The van der Waals surface area contributed by atoms with Crippen molar-refractivity contribution in [2.24, 2.45) is 5.92 Å². The molecule has 2 aliphatic carbocycles. The molecule has 56 heavy (non-hydrogen) atoms. The lowest BCUT2D eigenvalue weighted by Gasteiger charge is -2.23. The number of halogens is 9. The Balaban J connectivity index is 1.29. The van der Waals surface area contributed by atoms with Gasteiger partial charge >= 0.3 is 0 Å². The van der Waals surface area contributed by atoms with Gasteiger partial charge in [0.05, 0.1) is 45.6 Å². The Labute approximate surface area is 315 Å². The number of carbonyl (C=O) groups is 1. The molecule has 0 bridgehead atoms. The first kappa shape index (κ1) is 37.6. The molecule has 0 radical (unpaired) electrons. The number of carbonyl (C=O) groups excluding carboxylic acids is 1. The molecule has 2 aromatic carbocycles. The number of benzene rings is 2. The lowest BCUT2D eigenvalue weighted by atomic mass is 9.93. The number of rotatable bonds is 12. The van der Waals surface area contributed by atoms with Gasteiger partial charge in [-0.05, 0) is 48.6 Å². The fourth-order valence-corrected chi connectivity index (χ4v) is 8.25. The molecule has 1 amide bonds. The number of aromatic nitrogens is 7. The molecule has 1 fully saturated rings. The summed E-state index contributed by atoms with van der Waals surface area (Å²) >= 11 is 6.51. The van der Waals surface area contributed by atoms with Crippen LogP contribution >= 0.6 is 11.6 Å². The van der Waals surface area contributed by atoms with Gasteiger partial charge in [-0.3, -0.25) is 24.0 Å². The van der Waals surface area contributed by atoms with Crippen molar-refractivity contribution in [3.05, 3.63) is 87.5 Å². The van der Waals surface area contributed by atoms with Crippen molar-refractivity contribution in [1.82, 2.24) is 40.1 Å². The average Bonchev–Trinajstić information content (AvgIpc) is 3.31. The summed E-state index contributed by atoms with van der Waals surface area (Å²) in [5.74, 6) is -8.92. The highest BCUT2D eigenvalue weighted by molar-refractivity contribution is 7.92. The molecule has 3 N–H and O–H groups in total. The molecule has 0 saturated heterocycles. The van der Waals surface area contributed by atoms with Crippen LogP contribution in [0.1, 0.15) is 53.0 Å². The monoisotopic (exact) mass is 827 g/mol. The maximum atomic E-state index is 15.3. The summed E-state index contributed by atoms with van der Waals surface area (Å²) in [5.41, 5.74) is -1.46. The molecule has 12 nitrogen and oxygen atoms in total. The average molecular weight is 828 g/mol. The summed E-state index contributed by atoms with van der Waals surface area (Å²) in [4.78, 5) is 18.5. The maximum Gasteiger partial charge on any atom is 0.293 e. The van der Waals surface area contributed by atoms with Gasteiger partial charge in [-0.25, -0.2) is 39.7 Å². The van der Waals surface area contributed by atoms with Gasteiger partial charge in [0, 0.05) is 28.7 Å². The first-order valence-corrected chi connectivity index (χ1v) is 19.0. The van der Waals surface area contributed by atoms with Gasteiger partial charge in [-0.15, -0.1) is 0 Å². The van der Waals surface area contributed by atoms with E-state index in [-0.39, 0.29) is 67.1 Å². The van der Waals surface area contributed by atoms with E-state index in [1.807, 2.05) is 0 Å². The van der Waals surface area contributed by atoms with E-state index in [4.69, 9.17) is 11.6 Å². The number of nitrogens with one attached hydrogen (secondary N) is 3. The molecular weight excluding hydrogens is 802 g/mol. The molecule has 3 atom stereocenters. The highest BCUT2D eigenvalue weighted by Gasteiger charge is 2.67. The predicted molar refractivity (Wildman–Crippen MR) is 185 cm³/mol. The van der Waals surface area contributed by atoms with E-state index in [1.165, 1.54) is 24.4 Å². The zero-order valence-corrected chi connectivity index (χ0v) is 30.0. The minimum atomic E-state index is -4.02. The van der Waals surface area contributed by atoms with Crippen LogP contribution in [0.4, 0.5) is 40.9 Å². The third-order valence-electron chi connectivity index (χ3n) is 9.67. The number of aromatic amines is 1. The number of hydrogen-bond acceptors (Lipinski definition) is 7. The molecule has 294 valence electrons. The van der Waals surface area contributed by atoms with Crippen molar-refractivity contribution in [2.45, 2.75) is 56.7 Å². The molecule has 0 unspecified atom stereocenters. The predicted octanol–water partition coefficient (Wildman–Crippen LogP) is 6.99. The molecule has 22 heteroatoms. The second-order valence-corrected chi connectivity index (χ2v) is 15.8. The van der Waals surface area contributed by atoms with Gasteiger partial charge in [0.25, 0.3) is 18.8 Å². The second kappa shape index (κ2) is 13.4. The van der Waals surface area contributed by atoms with Crippen LogP contribution in [0.5, 0.6) is 0 Å². The normalized spacial score (nSPS) is 17.9. The van der Waals surface area contributed by atoms with Gasteiger partial charge in [-0.1, -0.05) is 17.7 Å². The van der Waals surface area contributed by atoms with E-state index in [0.29, 0.717) is 10.7 Å². The summed E-state index contributed by atoms with van der Waals surface area (Å²) in [5, 5.41) is 16.9. The van der Waals surface area contributed by atoms with E-state index in [9.17, 15) is 39.6 Å². The number of nitrogens with zero attached hydrogens (tertiary/aromatic N) is 6. The van der Waals surface area contributed by atoms with Gasteiger partial charge in [0.2, 0.25) is 15.9 Å². The summed E-state index contributed by atoms with van der Waals surface area (Å²) < 4.78 is 144. The van der Waals surface area contributed by atoms with Crippen molar-refractivity contribution >= 4 is 55.3 Å². The van der Waals surface area contributed by atoms with Crippen molar-refractivity contribution in [3.63, 3.8) is 0 Å². The third kappa shape index (κ3) is 6.69.